The topological polar surface area (TPSA) is 66.8 Å². The third kappa shape index (κ3) is 2.37. The number of hydrogen-bond acceptors (Lipinski definition) is 4. The Morgan fingerprint density at radius 1 is 1.25 bits per heavy atom. The molecule has 1 unspecified atom stereocenters. The van der Waals surface area contributed by atoms with E-state index >= 15 is 0 Å². The number of ether oxygens (including phenoxy) is 1. The summed E-state index contributed by atoms with van der Waals surface area (Å²) < 4.78 is 5.00. The van der Waals surface area contributed by atoms with Crippen molar-refractivity contribution in [1.29, 1.82) is 0 Å². The molecule has 1 aliphatic heterocycles. The lowest BCUT2D eigenvalue weighted by Gasteiger charge is -2.26. The molecule has 3 atom stereocenters. The number of aliphatic hydroxyl groups excluding tert-OH is 1. The standard InChI is InChI=1S/C16H18O4/c17-14-12(8-4-7-11-5-2-1-3-6-11)9-16(19)10-13(14)20-15(16)18/h1-3,5-6,9,13-14,17,19H,4,7-8,10H2/t13?,14-,16+/m1/s1. The molecule has 2 aliphatic rings. The molecule has 1 aliphatic carbocycles. The van der Waals surface area contributed by atoms with E-state index in [9.17, 15) is 15.0 Å². The highest BCUT2D eigenvalue weighted by molar-refractivity contribution is 5.85. The molecular formula is C16H18O4. The molecule has 0 radical (unpaired) electrons. The molecule has 0 amide bonds. The second kappa shape index (κ2) is 5.04. The van der Waals surface area contributed by atoms with E-state index in [4.69, 9.17) is 4.74 Å². The molecule has 2 bridgehead atoms. The number of esters is 1. The van der Waals surface area contributed by atoms with Crippen LogP contribution in [-0.2, 0) is 16.0 Å². The number of carbonyl (C=O) groups is 1. The second-order valence-electron chi connectivity index (χ2n) is 5.58. The van der Waals surface area contributed by atoms with E-state index < -0.39 is 23.8 Å². The Bertz CT molecular complexity index is 537. The minimum Gasteiger partial charge on any atom is -0.457 e. The minimum absolute atomic E-state index is 0.162. The van der Waals surface area contributed by atoms with Gasteiger partial charge in [-0.05, 0) is 36.5 Å². The fourth-order valence-electron chi connectivity index (χ4n) is 2.96. The lowest BCUT2D eigenvalue weighted by molar-refractivity contribution is -0.152. The van der Waals surface area contributed by atoms with E-state index in [-0.39, 0.29) is 6.42 Å². The van der Waals surface area contributed by atoms with Gasteiger partial charge in [-0.3, -0.25) is 0 Å². The number of rotatable bonds is 4. The molecule has 3 rings (SSSR count). The van der Waals surface area contributed by atoms with Crippen LogP contribution in [0.2, 0.25) is 0 Å². The molecule has 4 nitrogen and oxygen atoms in total. The van der Waals surface area contributed by atoms with Crippen LogP contribution in [0.4, 0.5) is 0 Å². The van der Waals surface area contributed by atoms with Crippen molar-refractivity contribution >= 4 is 5.97 Å². The molecule has 1 fully saturated rings. The molecule has 1 aromatic rings. The number of fused-ring (bicyclic) bond motifs is 2. The van der Waals surface area contributed by atoms with E-state index in [1.54, 1.807) is 0 Å². The van der Waals surface area contributed by atoms with E-state index in [0.717, 1.165) is 12.8 Å². The molecular weight excluding hydrogens is 256 g/mol. The first-order valence-corrected chi connectivity index (χ1v) is 6.95. The van der Waals surface area contributed by atoms with E-state index in [0.29, 0.717) is 12.0 Å². The summed E-state index contributed by atoms with van der Waals surface area (Å²) >= 11 is 0. The van der Waals surface area contributed by atoms with Crippen molar-refractivity contribution in [2.75, 3.05) is 0 Å². The zero-order valence-corrected chi connectivity index (χ0v) is 11.2. The van der Waals surface area contributed by atoms with Crippen LogP contribution in [0, 0.1) is 0 Å². The van der Waals surface area contributed by atoms with Crippen LogP contribution in [0.3, 0.4) is 0 Å². The molecule has 106 valence electrons. The number of aryl methyl sites for hydroxylation is 1. The molecule has 1 aromatic carbocycles. The summed E-state index contributed by atoms with van der Waals surface area (Å²) in [6.07, 6.45) is 2.71. The third-order valence-corrected chi connectivity index (χ3v) is 4.05. The van der Waals surface area contributed by atoms with E-state index in [1.165, 1.54) is 11.6 Å². The predicted octanol–water partition coefficient (Wildman–Crippen LogP) is 1.36. The summed E-state index contributed by atoms with van der Waals surface area (Å²) in [6.45, 7) is 0. The lowest BCUT2D eigenvalue weighted by Crippen LogP contribution is -2.38. The number of aliphatic hydroxyl groups is 2. The molecule has 4 heteroatoms. The normalized spacial score (nSPS) is 31.9. The van der Waals surface area contributed by atoms with Crippen molar-refractivity contribution < 1.29 is 19.7 Å². The summed E-state index contributed by atoms with van der Waals surface area (Å²) in [4.78, 5) is 11.5. The van der Waals surface area contributed by atoms with Gasteiger partial charge in [0.2, 0.25) is 0 Å². The Hall–Kier alpha value is -1.65. The van der Waals surface area contributed by atoms with E-state index in [2.05, 4.69) is 12.1 Å². The average Bonchev–Trinajstić information content (AvgIpc) is 2.69. The maximum Gasteiger partial charge on any atom is 0.342 e. The van der Waals surface area contributed by atoms with Crippen molar-refractivity contribution in [3.63, 3.8) is 0 Å². The van der Waals surface area contributed by atoms with Crippen LogP contribution in [0.1, 0.15) is 24.8 Å². The highest BCUT2D eigenvalue weighted by Crippen LogP contribution is 2.38. The highest BCUT2D eigenvalue weighted by Gasteiger charge is 2.52. The van der Waals surface area contributed by atoms with Crippen LogP contribution in [-0.4, -0.2) is 34.0 Å². The summed E-state index contributed by atoms with van der Waals surface area (Å²) in [7, 11) is 0. The Kier molecular flexibility index (Phi) is 3.36. The molecule has 0 spiro atoms. The SMILES string of the molecule is O=C1OC2C[C@@]1(O)C=C(CCCc1ccccc1)[C@H]2O. The first kappa shape index (κ1) is 13.3. The van der Waals surface area contributed by atoms with Crippen LogP contribution in [0.5, 0.6) is 0 Å². The molecule has 0 saturated carbocycles. The molecule has 0 aromatic heterocycles. The maximum absolute atomic E-state index is 11.5. The molecule has 2 N–H and O–H groups in total. The Labute approximate surface area is 117 Å². The van der Waals surface area contributed by atoms with Gasteiger partial charge in [-0.2, -0.15) is 0 Å². The first-order valence-electron chi connectivity index (χ1n) is 6.95. The third-order valence-electron chi connectivity index (χ3n) is 4.05. The number of hydrogen-bond donors (Lipinski definition) is 2. The van der Waals surface area contributed by atoms with Crippen molar-refractivity contribution in [3.8, 4) is 0 Å². The van der Waals surface area contributed by atoms with Gasteiger partial charge in [0.15, 0.2) is 5.60 Å². The van der Waals surface area contributed by atoms with E-state index in [1.807, 2.05) is 18.2 Å². The van der Waals surface area contributed by atoms with Crippen LogP contribution in [0.15, 0.2) is 42.0 Å². The predicted molar refractivity (Wildman–Crippen MR) is 72.9 cm³/mol. The summed E-state index contributed by atoms with van der Waals surface area (Å²) in [5.74, 6) is -0.639. The van der Waals surface area contributed by atoms with Gasteiger partial charge in [-0.25, -0.2) is 4.79 Å². The van der Waals surface area contributed by atoms with Crippen molar-refractivity contribution in [2.45, 2.75) is 43.5 Å². The monoisotopic (exact) mass is 274 g/mol. The quantitative estimate of drug-likeness (QED) is 0.642. The summed E-state index contributed by atoms with van der Waals surface area (Å²) in [5.41, 5.74) is 0.435. The molecule has 20 heavy (non-hydrogen) atoms. The fraction of sp³-hybridized carbons (Fsp3) is 0.438. The summed E-state index contributed by atoms with van der Waals surface area (Å²) in [6, 6.07) is 10.1. The molecule has 1 heterocycles. The fourth-order valence-corrected chi connectivity index (χ4v) is 2.96. The highest BCUT2D eigenvalue weighted by atomic mass is 16.6. The second-order valence-corrected chi connectivity index (χ2v) is 5.58. The van der Waals surface area contributed by atoms with Crippen LogP contribution >= 0.6 is 0 Å². The van der Waals surface area contributed by atoms with Gasteiger partial charge in [-0.1, -0.05) is 30.3 Å². The largest absolute Gasteiger partial charge is 0.457 e. The Balaban J connectivity index is 1.64. The Morgan fingerprint density at radius 3 is 2.75 bits per heavy atom. The van der Waals surface area contributed by atoms with Gasteiger partial charge in [0.1, 0.15) is 12.2 Å². The van der Waals surface area contributed by atoms with Gasteiger partial charge in [0, 0.05) is 6.42 Å². The average molecular weight is 274 g/mol. The van der Waals surface area contributed by atoms with Crippen molar-refractivity contribution in [2.24, 2.45) is 0 Å². The maximum atomic E-state index is 11.5. The van der Waals surface area contributed by atoms with Crippen LogP contribution in [0.25, 0.3) is 0 Å². The Morgan fingerprint density at radius 2 is 2.00 bits per heavy atom. The van der Waals surface area contributed by atoms with Crippen molar-refractivity contribution in [1.82, 2.24) is 0 Å². The van der Waals surface area contributed by atoms with Gasteiger partial charge in [0.05, 0.1) is 0 Å². The smallest absolute Gasteiger partial charge is 0.342 e. The first-order chi connectivity index (χ1) is 9.58. The van der Waals surface area contributed by atoms with Gasteiger partial charge in [0.25, 0.3) is 0 Å². The molecule has 1 saturated heterocycles. The minimum atomic E-state index is -1.52. The van der Waals surface area contributed by atoms with Gasteiger partial charge in [-0.15, -0.1) is 0 Å². The lowest BCUT2D eigenvalue weighted by atomic mass is 9.83. The van der Waals surface area contributed by atoms with Gasteiger partial charge >= 0.3 is 5.97 Å². The van der Waals surface area contributed by atoms with Crippen molar-refractivity contribution in [3.05, 3.63) is 47.5 Å². The number of benzene rings is 1. The zero-order valence-electron chi connectivity index (χ0n) is 11.2. The van der Waals surface area contributed by atoms with Crippen LogP contribution < -0.4 is 0 Å². The van der Waals surface area contributed by atoms with Gasteiger partial charge < -0.3 is 14.9 Å². The summed E-state index contributed by atoms with van der Waals surface area (Å²) in [5, 5.41) is 20.3. The zero-order chi connectivity index (χ0) is 14.2. The number of carbonyl (C=O) groups excluding carboxylic acids is 1.